The lowest BCUT2D eigenvalue weighted by atomic mass is 10.4. The van der Waals surface area contributed by atoms with E-state index in [9.17, 15) is 17.2 Å². The lowest BCUT2D eigenvalue weighted by molar-refractivity contribution is 0.102. The maximum absolute atomic E-state index is 12.9. The van der Waals surface area contributed by atoms with Crippen molar-refractivity contribution >= 4 is 9.84 Å². The van der Waals surface area contributed by atoms with Gasteiger partial charge in [-0.25, -0.2) is 8.42 Å². The Balaban J connectivity index is 3.23. The van der Waals surface area contributed by atoms with Gasteiger partial charge in [0.25, 0.3) is 0 Å². The van der Waals surface area contributed by atoms with Crippen molar-refractivity contribution in [3.05, 3.63) is 30.3 Å². The number of halogens is 2. The first-order valence-corrected chi connectivity index (χ1v) is 5.28. The molecule has 0 unspecified atom stereocenters. The molecule has 0 aliphatic rings. The molecule has 14 heavy (non-hydrogen) atoms. The molecule has 1 aromatic rings. The number of rotatable bonds is 3. The topological polar surface area (TPSA) is 60.2 Å². The fraction of sp³-hybridized carbons (Fsp3) is 0.250. The van der Waals surface area contributed by atoms with Crippen LogP contribution in [0.4, 0.5) is 8.78 Å². The van der Waals surface area contributed by atoms with Crippen LogP contribution in [0.5, 0.6) is 0 Å². The van der Waals surface area contributed by atoms with Gasteiger partial charge in [-0.05, 0) is 12.1 Å². The number of hydrogen-bond donors (Lipinski definition) is 1. The van der Waals surface area contributed by atoms with Crippen LogP contribution in [0.2, 0.25) is 0 Å². The molecular weight excluding hydrogens is 212 g/mol. The molecular formula is C8H9F2NO2S. The van der Waals surface area contributed by atoms with Gasteiger partial charge in [-0.3, -0.25) is 0 Å². The molecule has 0 fully saturated rings. The minimum Gasteiger partial charge on any atom is -0.324 e. The van der Waals surface area contributed by atoms with Crippen molar-refractivity contribution < 1.29 is 17.2 Å². The fourth-order valence-electron chi connectivity index (χ4n) is 0.882. The first kappa shape index (κ1) is 11.1. The van der Waals surface area contributed by atoms with E-state index in [1.165, 1.54) is 12.1 Å². The van der Waals surface area contributed by atoms with E-state index in [1.54, 1.807) is 6.07 Å². The predicted molar refractivity (Wildman–Crippen MR) is 47.6 cm³/mol. The molecule has 0 spiro atoms. The van der Waals surface area contributed by atoms with Crippen molar-refractivity contribution in [2.24, 2.45) is 5.73 Å². The van der Waals surface area contributed by atoms with Crippen LogP contribution in [0.3, 0.4) is 0 Å². The monoisotopic (exact) mass is 221 g/mol. The van der Waals surface area contributed by atoms with Crippen LogP contribution in [-0.2, 0) is 9.84 Å². The quantitative estimate of drug-likeness (QED) is 0.828. The van der Waals surface area contributed by atoms with Gasteiger partial charge in [0, 0.05) is 0 Å². The van der Waals surface area contributed by atoms with Crippen LogP contribution in [0.15, 0.2) is 35.2 Å². The van der Waals surface area contributed by atoms with Crippen molar-refractivity contribution in [2.75, 3.05) is 6.54 Å². The Kier molecular flexibility index (Phi) is 2.86. The van der Waals surface area contributed by atoms with Crippen molar-refractivity contribution in [1.29, 1.82) is 0 Å². The molecule has 2 N–H and O–H groups in total. The molecule has 1 aromatic carbocycles. The number of sulfone groups is 1. The Hall–Kier alpha value is -1.01. The Morgan fingerprint density at radius 1 is 1.21 bits per heavy atom. The van der Waals surface area contributed by atoms with Crippen LogP contribution in [0.1, 0.15) is 0 Å². The van der Waals surface area contributed by atoms with Crippen molar-refractivity contribution in [3.8, 4) is 0 Å². The van der Waals surface area contributed by atoms with Gasteiger partial charge in [-0.2, -0.15) is 8.78 Å². The Morgan fingerprint density at radius 2 is 1.71 bits per heavy atom. The lowest BCUT2D eigenvalue weighted by Crippen LogP contribution is -2.36. The van der Waals surface area contributed by atoms with Gasteiger partial charge in [0.05, 0.1) is 11.4 Å². The minimum absolute atomic E-state index is 0.421. The van der Waals surface area contributed by atoms with Gasteiger partial charge in [0.1, 0.15) is 0 Å². The Morgan fingerprint density at radius 3 is 2.14 bits per heavy atom. The molecule has 0 saturated heterocycles. The molecule has 0 radical (unpaired) electrons. The smallest absolute Gasteiger partial charge is 0.324 e. The van der Waals surface area contributed by atoms with Crippen molar-refractivity contribution in [1.82, 2.24) is 0 Å². The van der Waals surface area contributed by atoms with Gasteiger partial charge in [0.15, 0.2) is 0 Å². The summed E-state index contributed by atoms with van der Waals surface area (Å²) >= 11 is 0. The summed E-state index contributed by atoms with van der Waals surface area (Å²) in [5.41, 5.74) is 4.70. The second-order valence-electron chi connectivity index (χ2n) is 2.66. The van der Waals surface area contributed by atoms with Crippen molar-refractivity contribution in [2.45, 2.75) is 10.2 Å². The summed E-state index contributed by atoms with van der Waals surface area (Å²) in [5, 5.41) is -3.91. The highest BCUT2D eigenvalue weighted by atomic mass is 32.2. The summed E-state index contributed by atoms with van der Waals surface area (Å²) in [6.07, 6.45) is 0. The molecule has 1 rings (SSSR count). The molecule has 6 heteroatoms. The molecule has 0 heterocycles. The summed E-state index contributed by atoms with van der Waals surface area (Å²) in [4.78, 5) is -0.421. The molecule has 0 saturated carbocycles. The summed E-state index contributed by atoms with van der Waals surface area (Å²) in [5.74, 6) is 0. The maximum atomic E-state index is 12.9. The third kappa shape index (κ3) is 1.76. The molecule has 0 amide bonds. The number of alkyl halides is 2. The maximum Gasteiger partial charge on any atom is 0.361 e. The summed E-state index contributed by atoms with van der Waals surface area (Å²) in [6, 6.07) is 6.51. The third-order valence-electron chi connectivity index (χ3n) is 1.68. The van der Waals surface area contributed by atoms with E-state index in [1.807, 2.05) is 0 Å². The highest BCUT2D eigenvalue weighted by molar-refractivity contribution is 7.92. The molecule has 0 aliphatic heterocycles. The average molecular weight is 221 g/mol. The molecule has 3 nitrogen and oxygen atoms in total. The first-order chi connectivity index (χ1) is 6.42. The van der Waals surface area contributed by atoms with E-state index in [0.29, 0.717) is 0 Å². The summed E-state index contributed by atoms with van der Waals surface area (Å²) < 4.78 is 48.3. The largest absolute Gasteiger partial charge is 0.361 e. The number of benzene rings is 1. The molecule has 0 aliphatic carbocycles. The standard InChI is InChI=1S/C8H9F2NO2S/c9-8(10,6-11)14(12,13)7-4-2-1-3-5-7/h1-5H,6,11H2. The van der Waals surface area contributed by atoms with Crippen molar-refractivity contribution in [3.63, 3.8) is 0 Å². The van der Waals surface area contributed by atoms with Crippen LogP contribution in [0.25, 0.3) is 0 Å². The van der Waals surface area contributed by atoms with Gasteiger partial charge < -0.3 is 5.73 Å². The summed E-state index contributed by atoms with van der Waals surface area (Å²) in [7, 11) is -4.65. The molecule has 0 bridgehead atoms. The van der Waals surface area contributed by atoms with Gasteiger partial charge in [0.2, 0.25) is 9.84 Å². The second kappa shape index (κ2) is 3.62. The van der Waals surface area contributed by atoms with E-state index in [2.05, 4.69) is 0 Å². The zero-order chi connectivity index (χ0) is 10.8. The van der Waals surface area contributed by atoms with Gasteiger partial charge in [-0.15, -0.1) is 0 Å². The van der Waals surface area contributed by atoms with Crippen LogP contribution < -0.4 is 5.73 Å². The summed E-state index contributed by atoms with van der Waals surface area (Å²) in [6.45, 7) is -1.22. The van der Waals surface area contributed by atoms with E-state index < -0.39 is 26.5 Å². The fourth-order valence-corrected chi connectivity index (χ4v) is 1.96. The van der Waals surface area contributed by atoms with E-state index >= 15 is 0 Å². The van der Waals surface area contributed by atoms with Crippen LogP contribution in [0, 0.1) is 0 Å². The zero-order valence-corrected chi connectivity index (χ0v) is 7.97. The second-order valence-corrected chi connectivity index (χ2v) is 4.73. The lowest BCUT2D eigenvalue weighted by Gasteiger charge is -2.14. The normalized spacial score (nSPS) is 12.8. The Bertz CT molecular complexity index is 403. The number of nitrogens with two attached hydrogens (primary N) is 1. The zero-order valence-electron chi connectivity index (χ0n) is 7.15. The van der Waals surface area contributed by atoms with E-state index in [-0.39, 0.29) is 0 Å². The minimum atomic E-state index is -4.65. The third-order valence-corrected chi connectivity index (χ3v) is 3.53. The molecule has 0 atom stereocenters. The first-order valence-electron chi connectivity index (χ1n) is 3.79. The number of hydrogen-bond acceptors (Lipinski definition) is 3. The Labute approximate surface area is 80.5 Å². The molecule has 78 valence electrons. The highest BCUT2D eigenvalue weighted by Gasteiger charge is 2.44. The predicted octanol–water partition coefficient (Wildman–Crippen LogP) is 1.01. The van der Waals surface area contributed by atoms with Crippen LogP contribution in [-0.4, -0.2) is 20.2 Å². The van der Waals surface area contributed by atoms with E-state index in [0.717, 1.165) is 12.1 Å². The van der Waals surface area contributed by atoms with Crippen LogP contribution >= 0.6 is 0 Å². The van der Waals surface area contributed by atoms with E-state index in [4.69, 9.17) is 5.73 Å². The average Bonchev–Trinajstić information content (AvgIpc) is 2.19. The molecule has 0 aromatic heterocycles. The SMILES string of the molecule is NCC(F)(F)S(=O)(=O)c1ccccc1. The highest BCUT2D eigenvalue weighted by Crippen LogP contribution is 2.27. The van der Waals surface area contributed by atoms with Gasteiger partial charge in [-0.1, -0.05) is 18.2 Å². The van der Waals surface area contributed by atoms with Gasteiger partial charge >= 0.3 is 5.25 Å².